The zero-order chi connectivity index (χ0) is 31.4. The number of sulfonamides is 1. The third-order valence-corrected chi connectivity index (χ3v) is 9.70. The van der Waals surface area contributed by atoms with Crippen molar-refractivity contribution < 1.29 is 32.4 Å². The third-order valence-electron chi connectivity index (χ3n) is 7.26. The van der Waals surface area contributed by atoms with Gasteiger partial charge in [-0.25, -0.2) is 13.2 Å². The number of benzene rings is 2. The van der Waals surface area contributed by atoms with Crippen molar-refractivity contribution in [3.8, 4) is 5.75 Å². The highest BCUT2D eigenvalue weighted by molar-refractivity contribution is 9.10. The molecule has 1 saturated heterocycles. The minimum atomic E-state index is -4.22. The summed E-state index contributed by atoms with van der Waals surface area (Å²) in [7, 11) is -4.22. The van der Waals surface area contributed by atoms with Crippen LogP contribution in [0, 0.1) is 16.0 Å². The highest BCUT2D eigenvalue weighted by Crippen LogP contribution is 2.38. The maximum absolute atomic E-state index is 13.6. The van der Waals surface area contributed by atoms with E-state index in [0.717, 1.165) is 16.1 Å². The molecular weight excluding hydrogens is 644 g/mol. The van der Waals surface area contributed by atoms with Crippen molar-refractivity contribution >= 4 is 43.6 Å². The summed E-state index contributed by atoms with van der Waals surface area (Å²) < 4.78 is 41.0. The maximum Gasteiger partial charge on any atom is 0.410 e. The molecule has 2 aliphatic rings. The number of ether oxygens (including phenoxy) is 2. The van der Waals surface area contributed by atoms with Crippen LogP contribution in [0.4, 0.5) is 10.5 Å². The number of likely N-dealkylation sites (tertiary alicyclic amines) is 1. The number of amides is 2. The summed E-state index contributed by atoms with van der Waals surface area (Å²) in [4.78, 5) is 38.5. The average molecular weight is 682 g/mol. The van der Waals surface area contributed by atoms with E-state index in [9.17, 15) is 28.1 Å². The lowest BCUT2D eigenvalue weighted by molar-refractivity contribution is -0.387. The molecule has 4 rings (SSSR count). The molecule has 1 fully saturated rings. The smallest absolute Gasteiger partial charge is 0.410 e. The molecular formula is C29H37BrN4O8S. The molecule has 0 aliphatic carbocycles. The van der Waals surface area contributed by atoms with Crippen LogP contribution in [0.5, 0.6) is 5.75 Å². The van der Waals surface area contributed by atoms with Crippen LogP contribution in [0.15, 0.2) is 51.8 Å². The van der Waals surface area contributed by atoms with E-state index < -0.39 is 38.2 Å². The van der Waals surface area contributed by atoms with Crippen LogP contribution < -0.4 is 10.1 Å². The van der Waals surface area contributed by atoms with E-state index in [1.165, 1.54) is 22.5 Å². The molecule has 2 amide bonds. The first-order chi connectivity index (χ1) is 20.3. The molecule has 1 N–H and O–H groups in total. The predicted octanol–water partition coefficient (Wildman–Crippen LogP) is 4.68. The maximum atomic E-state index is 13.6. The minimum Gasteiger partial charge on any atom is -0.493 e. The summed E-state index contributed by atoms with van der Waals surface area (Å²) in [5.74, 6) is -0.430. The van der Waals surface area contributed by atoms with Gasteiger partial charge in [0.05, 0.1) is 17.4 Å². The topological polar surface area (TPSA) is 148 Å². The lowest BCUT2D eigenvalue weighted by Gasteiger charge is -2.38. The van der Waals surface area contributed by atoms with Crippen molar-refractivity contribution in [3.05, 3.63) is 62.6 Å². The fourth-order valence-electron chi connectivity index (χ4n) is 5.31. The van der Waals surface area contributed by atoms with Crippen molar-refractivity contribution in [3.63, 3.8) is 0 Å². The molecule has 2 heterocycles. The number of carbonyl (C=O) groups excluding carboxylic acids is 2. The first kappa shape index (κ1) is 32.7. The second-order valence-corrected chi connectivity index (χ2v) is 14.5. The Bertz CT molecular complexity index is 1460. The fraction of sp³-hybridized carbons (Fsp3) is 0.517. The standard InChI is InChI=1S/C29H37BrN4O8S/c1-29(2,3)42-28(36)32-18-20-16-21(19-32)27(35)31-12-6-13-33(14-7-15-41-25-11-10-22(30)17-23(20)25)43(39,40)26-9-5-4-8-24(26)34(37)38/h4-5,8-11,17,20-21H,6-7,12-16,18-19H2,1-3H3,(H,31,35)/t20-,21+/m0/s1. The SMILES string of the molecule is CC(C)(C)OC(=O)N1C[C@H]2C[C@@H](C1)c1cc(Br)ccc1OCCCN(S(=O)(=O)c1ccccc1[N+](=O)[O-])CCCNC2=O. The molecule has 12 nitrogen and oxygen atoms in total. The molecule has 2 atom stereocenters. The minimum absolute atomic E-state index is 0.0372. The number of piperidine rings is 1. The molecule has 43 heavy (non-hydrogen) atoms. The summed E-state index contributed by atoms with van der Waals surface area (Å²) in [5, 5.41) is 14.5. The molecule has 0 spiro atoms. The number of rotatable bonds is 3. The van der Waals surface area contributed by atoms with E-state index in [4.69, 9.17) is 9.47 Å². The van der Waals surface area contributed by atoms with Gasteiger partial charge < -0.3 is 19.7 Å². The summed E-state index contributed by atoms with van der Waals surface area (Å²) >= 11 is 3.52. The fourth-order valence-corrected chi connectivity index (χ4v) is 7.36. The lowest BCUT2D eigenvalue weighted by atomic mass is 9.83. The Balaban J connectivity index is 1.63. The quantitative estimate of drug-likeness (QED) is 0.363. The van der Waals surface area contributed by atoms with E-state index in [1.807, 2.05) is 12.1 Å². The van der Waals surface area contributed by atoms with E-state index in [2.05, 4.69) is 21.2 Å². The largest absolute Gasteiger partial charge is 0.493 e. The summed E-state index contributed by atoms with van der Waals surface area (Å²) in [6.07, 6.45) is 0.585. The molecule has 234 valence electrons. The van der Waals surface area contributed by atoms with Gasteiger partial charge in [0.25, 0.3) is 5.69 Å². The molecule has 0 radical (unpaired) electrons. The molecule has 0 unspecified atom stereocenters. The zero-order valence-corrected chi connectivity index (χ0v) is 26.9. The van der Waals surface area contributed by atoms with Gasteiger partial charge in [-0.1, -0.05) is 28.1 Å². The van der Waals surface area contributed by atoms with Gasteiger partial charge in [0.1, 0.15) is 11.4 Å². The summed E-state index contributed by atoms with van der Waals surface area (Å²) in [6, 6.07) is 10.8. The van der Waals surface area contributed by atoms with Gasteiger partial charge in [0, 0.05) is 54.7 Å². The van der Waals surface area contributed by atoms with Crippen LogP contribution >= 0.6 is 15.9 Å². The van der Waals surface area contributed by atoms with Gasteiger partial charge in [-0.3, -0.25) is 14.9 Å². The van der Waals surface area contributed by atoms with Gasteiger partial charge in [0.15, 0.2) is 4.90 Å². The Morgan fingerprint density at radius 3 is 2.53 bits per heavy atom. The molecule has 0 aromatic heterocycles. The van der Waals surface area contributed by atoms with Gasteiger partial charge in [0.2, 0.25) is 15.9 Å². The van der Waals surface area contributed by atoms with Crippen LogP contribution in [0.2, 0.25) is 0 Å². The molecule has 2 aromatic rings. The van der Waals surface area contributed by atoms with Crippen molar-refractivity contribution in [2.24, 2.45) is 5.92 Å². The van der Waals surface area contributed by atoms with Crippen LogP contribution in [-0.2, 0) is 19.6 Å². The first-order valence-corrected chi connectivity index (χ1v) is 16.4. The number of para-hydroxylation sites is 1. The molecule has 14 heteroatoms. The second kappa shape index (κ2) is 13.6. The summed E-state index contributed by atoms with van der Waals surface area (Å²) in [5.41, 5.74) is -0.378. The Kier molecular flexibility index (Phi) is 10.3. The van der Waals surface area contributed by atoms with Crippen LogP contribution in [-0.4, -0.2) is 79.5 Å². The Morgan fingerprint density at radius 1 is 1.12 bits per heavy atom. The number of hydrogen-bond acceptors (Lipinski definition) is 8. The predicted molar refractivity (Wildman–Crippen MR) is 162 cm³/mol. The number of halogens is 1. The second-order valence-electron chi connectivity index (χ2n) is 11.7. The number of nitrogens with one attached hydrogen (secondary N) is 1. The van der Waals surface area contributed by atoms with Crippen LogP contribution in [0.1, 0.15) is 51.5 Å². The Morgan fingerprint density at radius 2 is 1.81 bits per heavy atom. The van der Waals surface area contributed by atoms with Crippen molar-refractivity contribution in [1.29, 1.82) is 0 Å². The number of hydrogen-bond donors (Lipinski definition) is 1. The molecule has 2 bridgehead atoms. The van der Waals surface area contributed by atoms with E-state index in [0.29, 0.717) is 25.1 Å². The van der Waals surface area contributed by atoms with E-state index in [-0.39, 0.29) is 55.9 Å². The molecule has 0 saturated carbocycles. The number of nitrogens with zero attached hydrogens (tertiary/aromatic N) is 3. The average Bonchev–Trinajstić information content (AvgIpc) is 2.95. The number of carbonyl (C=O) groups is 2. The Hall–Kier alpha value is -3.23. The monoisotopic (exact) mass is 680 g/mol. The van der Waals surface area contributed by atoms with Crippen molar-refractivity contribution in [2.45, 2.75) is 56.4 Å². The lowest BCUT2D eigenvalue weighted by Crippen LogP contribution is -2.49. The van der Waals surface area contributed by atoms with Gasteiger partial charge in [-0.2, -0.15) is 4.31 Å². The van der Waals surface area contributed by atoms with E-state index in [1.54, 1.807) is 31.7 Å². The molecule has 2 aromatic carbocycles. The number of nitro benzene ring substituents is 1. The van der Waals surface area contributed by atoms with Crippen molar-refractivity contribution in [1.82, 2.24) is 14.5 Å². The zero-order valence-electron chi connectivity index (χ0n) is 24.5. The third kappa shape index (κ3) is 8.24. The van der Waals surface area contributed by atoms with Crippen LogP contribution in [0.3, 0.4) is 0 Å². The van der Waals surface area contributed by atoms with Crippen molar-refractivity contribution in [2.75, 3.05) is 39.3 Å². The van der Waals surface area contributed by atoms with Gasteiger partial charge in [-0.15, -0.1) is 0 Å². The normalized spacial score (nSPS) is 20.9. The number of nitro groups is 1. The van der Waals surface area contributed by atoms with E-state index >= 15 is 0 Å². The number of fused-ring (bicyclic) bond motifs is 4. The first-order valence-electron chi connectivity index (χ1n) is 14.2. The highest BCUT2D eigenvalue weighted by Gasteiger charge is 2.38. The highest BCUT2D eigenvalue weighted by atomic mass is 79.9. The van der Waals surface area contributed by atoms with Gasteiger partial charge >= 0.3 is 6.09 Å². The molecule has 2 aliphatic heterocycles. The van der Waals surface area contributed by atoms with Crippen LogP contribution in [0.25, 0.3) is 0 Å². The van der Waals surface area contributed by atoms with Gasteiger partial charge in [-0.05, 0) is 64.3 Å². The summed E-state index contributed by atoms with van der Waals surface area (Å²) in [6.45, 7) is 6.36. The Labute approximate surface area is 260 Å².